The summed E-state index contributed by atoms with van der Waals surface area (Å²) in [6.45, 7) is 2.05. The number of anilines is 3. The molecule has 1 amide bonds. The van der Waals surface area contributed by atoms with Crippen LogP contribution in [0.1, 0.15) is 31.7 Å². The topological polar surface area (TPSA) is 77.8 Å². The van der Waals surface area contributed by atoms with Crippen molar-refractivity contribution in [1.82, 2.24) is 4.98 Å². The van der Waals surface area contributed by atoms with Crippen LogP contribution < -0.4 is 10.6 Å². The van der Waals surface area contributed by atoms with Crippen LogP contribution in [0.4, 0.5) is 17.2 Å². The van der Waals surface area contributed by atoms with E-state index in [1.54, 1.807) is 30.5 Å². The van der Waals surface area contributed by atoms with Crippen molar-refractivity contribution in [3.63, 3.8) is 0 Å². The molecule has 2 rings (SSSR count). The number of nitrogens with one attached hydrogen (secondary N) is 2. The molecular weight excluding hydrogens is 276 g/mol. The molecule has 0 aliphatic rings. The Bertz CT molecular complexity index is 674. The fraction of sp³-hybridized carbons (Fsp3) is 0.235. The van der Waals surface area contributed by atoms with Gasteiger partial charge in [0.2, 0.25) is 5.91 Å². The SMILES string of the molecule is CCCCC(=O)Nc1ccc(Nc2cccc(C#N)c2)nc1. The van der Waals surface area contributed by atoms with E-state index < -0.39 is 0 Å². The van der Waals surface area contributed by atoms with Gasteiger partial charge in [0.15, 0.2) is 0 Å². The first-order valence-corrected chi connectivity index (χ1v) is 7.24. The molecule has 0 fully saturated rings. The average Bonchev–Trinajstić information content (AvgIpc) is 2.55. The van der Waals surface area contributed by atoms with E-state index in [2.05, 4.69) is 28.6 Å². The number of rotatable bonds is 6. The van der Waals surface area contributed by atoms with Gasteiger partial charge in [-0.2, -0.15) is 5.26 Å². The van der Waals surface area contributed by atoms with Gasteiger partial charge in [-0.1, -0.05) is 19.4 Å². The third-order valence-electron chi connectivity index (χ3n) is 3.07. The zero-order chi connectivity index (χ0) is 15.8. The lowest BCUT2D eigenvalue weighted by Crippen LogP contribution is -2.11. The molecule has 0 bridgehead atoms. The predicted octanol–water partition coefficient (Wildman–Crippen LogP) is 3.83. The third kappa shape index (κ3) is 4.60. The van der Waals surface area contributed by atoms with Gasteiger partial charge in [-0.25, -0.2) is 4.98 Å². The highest BCUT2D eigenvalue weighted by atomic mass is 16.1. The molecule has 2 aromatic rings. The van der Waals surface area contributed by atoms with Crippen LogP contribution in [0.2, 0.25) is 0 Å². The number of aromatic nitrogens is 1. The van der Waals surface area contributed by atoms with Crippen LogP contribution >= 0.6 is 0 Å². The first kappa shape index (κ1) is 15.5. The minimum atomic E-state index is 0.00563. The van der Waals surface area contributed by atoms with Crippen molar-refractivity contribution in [3.05, 3.63) is 48.2 Å². The lowest BCUT2D eigenvalue weighted by molar-refractivity contribution is -0.116. The Morgan fingerprint density at radius 1 is 1.27 bits per heavy atom. The Hall–Kier alpha value is -2.87. The zero-order valence-electron chi connectivity index (χ0n) is 12.5. The van der Waals surface area contributed by atoms with Gasteiger partial charge < -0.3 is 10.6 Å². The van der Waals surface area contributed by atoms with E-state index in [1.807, 2.05) is 12.1 Å². The van der Waals surface area contributed by atoms with Crippen LogP contribution in [-0.4, -0.2) is 10.9 Å². The minimum absolute atomic E-state index is 0.00563. The second-order valence-corrected chi connectivity index (χ2v) is 4.90. The number of hydrogen-bond donors (Lipinski definition) is 2. The van der Waals surface area contributed by atoms with Crippen molar-refractivity contribution >= 4 is 23.1 Å². The molecule has 1 heterocycles. The van der Waals surface area contributed by atoms with Crippen LogP contribution in [0, 0.1) is 11.3 Å². The van der Waals surface area contributed by atoms with Gasteiger partial charge in [0.25, 0.3) is 0 Å². The van der Waals surface area contributed by atoms with E-state index in [9.17, 15) is 4.79 Å². The molecule has 0 atom stereocenters. The summed E-state index contributed by atoms with van der Waals surface area (Å²) >= 11 is 0. The average molecular weight is 294 g/mol. The molecule has 0 spiro atoms. The zero-order valence-corrected chi connectivity index (χ0v) is 12.5. The van der Waals surface area contributed by atoms with E-state index in [1.165, 1.54) is 0 Å². The summed E-state index contributed by atoms with van der Waals surface area (Å²) in [6, 6.07) is 12.8. The molecule has 1 aromatic carbocycles. The van der Waals surface area contributed by atoms with Crippen molar-refractivity contribution in [1.29, 1.82) is 5.26 Å². The van der Waals surface area contributed by atoms with E-state index in [0.29, 0.717) is 23.5 Å². The van der Waals surface area contributed by atoms with Crippen molar-refractivity contribution in [2.45, 2.75) is 26.2 Å². The molecule has 0 unspecified atom stereocenters. The lowest BCUT2D eigenvalue weighted by Gasteiger charge is -2.08. The second-order valence-electron chi connectivity index (χ2n) is 4.90. The smallest absolute Gasteiger partial charge is 0.224 e. The van der Waals surface area contributed by atoms with E-state index in [4.69, 9.17) is 5.26 Å². The summed E-state index contributed by atoms with van der Waals surface area (Å²) in [5, 5.41) is 14.8. The minimum Gasteiger partial charge on any atom is -0.340 e. The maximum Gasteiger partial charge on any atom is 0.224 e. The largest absolute Gasteiger partial charge is 0.340 e. The van der Waals surface area contributed by atoms with Crippen molar-refractivity contribution in [3.8, 4) is 6.07 Å². The molecule has 0 aliphatic heterocycles. The molecule has 0 saturated carbocycles. The molecule has 112 valence electrons. The molecule has 1 aromatic heterocycles. The quantitative estimate of drug-likeness (QED) is 0.848. The maximum absolute atomic E-state index is 11.6. The Morgan fingerprint density at radius 3 is 2.82 bits per heavy atom. The van der Waals surface area contributed by atoms with E-state index in [-0.39, 0.29) is 5.91 Å². The highest BCUT2D eigenvalue weighted by molar-refractivity contribution is 5.90. The Morgan fingerprint density at radius 2 is 2.14 bits per heavy atom. The predicted molar refractivity (Wildman–Crippen MR) is 86.8 cm³/mol. The summed E-state index contributed by atoms with van der Waals surface area (Å²) in [4.78, 5) is 15.9. The van der Waals surface area contributed by atoms with E-state index >= 15 is 0 Å². The standard InChI is InChI=1S/C17H18N4O/c1-2-3-7-17(22)21-15-8-9-16(19-12-15)20-14-6-4-5-13(10-14)11-18/h4-6,8-10,12H,2-3,7H2,1H3,(H,19,20)(H,21,22). The maximum atomic E-state index is 11.6. The Kier molecular flexibility index (Phi) is 5.50. The van der Waals surface area contributed by atoms with Gasteiger partial charge in [-0.05, 0) is 36.8 Å². The number of pyridine rings is 1. The van der Waals surface area contributed by atoms with Gasteiger partial charge in [-0.3, -0.25) is 4.79 Å². The molecule has 0 radical (unpaired) electrons. The molecule has 2 N–H and O–H groups in total. The lowest BCUT2D eigenvalue weighted by atomic mass is 10.2. The number of amides is 1. The summed E-state index contributed by atoms with van der Waals surface area (Å²) in [7, 11) is 0. The normalized spacial score (nSPS) is 9.82. The molecule has 0 saturated heterocycles. The number of benzene rings is 1. The Labute approximate surface area is 130 Å². The molecule has 5 heteroatoms. The number of carbonyl (C=O) groups is 1. The first-order chi connectivity index (χ1) is 10.7. The van der Waals surface area contributed by atoms with Gasteiger partial charge >= 0.3 is 0 Å². The van der Waals surface area contributed by atoms with E-state index in [0.717, 1.165) is 18.5 Å². The molecule has 22 heavy (non-hydrogen) atoms. The number of hydrogen-bond acceptors (Lipinski definition) is 4. The monoisotopic (exact) mass is 294 g/mol. The van der Waals surface area contributed by atoms with Crippen molar-refractivity contribution in [2.24, 2.45) is 0 Å². The van der Waals surface area contributed by atoms with Crippen LogP contribution in [0.15, 0.2) is 42.6 Å². The highest BCUT2D eigenvalue weighted by Gasteiger charge is 2.03. The summed E-state index contributed by atoms with van der Waals surface area (Å²) in [5.74, 6) is 0.660. The number of nitriles is 1. The summed E-state index contributed by atoms with van der Waals surface area (Å²) < 4.78 is 0. The van der Waals surface area contributed by atoms with Gasteiger partial charge in [-0.15, -0.1) is 0 Å². The second kappa shape index (κ2) is 7.79. The molecule has 5 nitrogen and oxygen atoms in total. The Balaban J connectivity index is 1.97. The third-order valence-corrected chi connectivity index (χ3v) is 3.07. The first-order valence-electron chi connectivity index (χ1n) is 7.24. The van der Waals surface area contributed by atoms with Gasteiger partial charge in [0, 0.05) is 12.1 Å². The van der Waals surface area contributed by atoms with Gasteiger partial charge in [0.1, 0.15) is 5.82 Å². The van der Waals surface area contributed by atoms with Crippen LogP contribution in [0.3, 0.4) is 0 Å². The van der Waals surface area contributed by atoms with Gasteiger partial charge in [0.05, 0.1) is 23.5 Å². The number of carbonyl (C=O) groups excluding carboxylic acids is 1. The highest BCUT2D eigenvalue weighted by Crippen LogP contribution is 2.17. The number of nitrogens with zero attached hydrogens (tertiary/aromatic N) is 2. The fourth-order valence-electron chi connectivity index (χ4n) is 1.92. The van der Waals surface area contributed by atoms with Crippen LogP contribution in [0.25, 0.3) is 0 Å². The fourth-order valence-corrected chi connectivity index (χ4v) is 1.92. The molecular formula is C17H18N4O. The van der Waals surface area contributed by atoms with Crippen molar-refractivity contribution in [2.75, 3.05) is 10.6 Å². The van der Waals surface area contributed by atoms with Crippen molar-refractivity contribution < 1.29 is 4.79 Å². The molecule has 0 aliphatic carbocycles. The van der Waals surface area contributed by atoms with Crippen LogP contribution in [-0.2, 0) is 4.79 Å². The number of unbranched alkanes of at least 4 members (excludes halogenated alkanes) is 1. The van der Waals surface area contributed by atoms with Crippen LogP contribution in [0.5, 0.6) is 0 Å². The summed E-state index contributed by atoms with van der Waals surface area (Å²) in [6.07, 6.45) is 4.02. The summed E-state index contributed by atoms with van der Waals surface area (Å²) in [5.41, 5.74) is 2.06.